The van der Waals surface area contributed by atoms with Crippen LogP contribution in [-0.2, 0) is 17.9 Å². The van der Waals surface area contributed by atoms with Crippen LogP contribution in [0.5, 0.6) is 0 Å². The topological polar surface area (TPSA) is 106 Å². The Morgan fingerprint density at radius 1 is 1.09 bits per heavy atom. The third-order valence-electron chi connectivity index (χ3n) is 6.29. The fourth-order valence-corrected chi connectivity index (χ4v) is 4.43. The second kappa shape index (κ2) is 9.85. The van der Waals surface area contributed by atoms with E-state index in [9.17, 15) is 9.59 Å². The first kappa shape index (κ1) is 22.5. The minimum Gasteiger partial charge on any atom is -0.369 e. The average molecular weight is 447 g/mol. The van der Waals surface area contributed by atoms with Gasteiger partial charge in [-0.05, 0) is 38.3 Å². The highest BCUT2D eigenvalue weighted by molar-refractivity contribution is 5.96. The molecule has 8 nitrogen and oxygen atoms in total. The maximum Gasteiger partial charge on any atom is 0.255 e. The molecule has 2 amide bonds. The van der Waals surface area contributed by atoms with Crippen LogP contribution in [0.1, 0.15) is 45.7 Å². The number of amides is 2. The highest BCUT2D eigenvalue weighted by Gasteiger charge is 2.25. The zero-order valence-electron chi connectivity index (χ0n) is 19.1. The third kappa shape index (κ3) is 5.05. The molecule has 0 saturated carbocycles. The molecule has 33 heavy (non-hydrogen) atoms. The van der Waals surface area contributed by atoms with Crippen molar-refractivity contribution in [2.75, 3.05) is 18.0 Å². The number of benzene rings is 1. The number of anilines is 1. The van der Waals surface area contributed by atoms with Gasteiger partial charge in [-0.3, -0.25) is 14.3 Å². The summed E-state index contributed by atoms with van der Waals surface area (Å²) in [5.41, 5.74) is 9.69. The number of carbonyl (C=O) groups excluding carboxylic acids is 2. The Morgan fingerprint density at radius 3 is 2.52 bits per heavy atom. The molecule has 0 radical (unpaired) electrons. The summed E-state index contributed by atoms with van der Waals surface area (Å²) in [5, 5.41) is 7.64. The van der Waals surface area contributed by atoms with Gasteiger partial charge in [-0.2, -0.15) is 5.10 Å². The summed E-state index contributed by atoms with van der Waals surface area (Å²) < 4.78 is 1.87. The average Bonchev–Trinajstić information content (AvgIpc) is 3.11. The predicted molar refractivity (Wildman–Crippen MR) is 127 cm³/mol. The van der Waals surface area contributed by atoms with E-state index in [4.69, 9.17) is 5.73 Å². The van der Waals surface area contributed by atoms with E-state index < -0.39 is 0 Å². The molecule has 1 aliphatic rings. The van der Waals surface area contributed by atoms with Crippen LogP contribution in [0.15, 0.2) is 48.7 Å². The largest absolute Gasteiger partial charge is 0.369 e. The van der Waals surface area contributed by atoms with Crippen molar-refractivity contribution in [2.45, 2.75) is 39.8 Å². The molecule has 0 unspecified atom stereocenters. The summed E-state index contributed by atoms with van der Waals surface area (Å²) in [5.74, 6) is 0.383. The van der Waals surface area contributed by atoms with Gasteiger partial charge < -0.3 is 16.0 Å². The lowest BCUT2D eigenvalue weighted by Gasteiger charge is -2.32. The van der Waals surface area contributed by atoms with E-state index in [1.54, 1.807) is 6.20 Å². The van der Waals surface area contributed by atoms with Crippen molar-refractivity contribution < 1.29 is 9.59 Å². The minimum atomic E-state index is -0.235. The van der Waals surface area contributed by atoms with Crippen molar-refractivity contribution in [3.63, 3.8) is 0 Å². The standard InChI is InChI=1S/C25H30N6O2/c1-17-22(18(2)31(29-17)16-19-7-4-3-5-8-19)25(33)28-15-21-9-6-12-27-24(21)30-13-10-20(11-14-30)23(26)32/h3-9,12,20H,10-11,13-16H2,1-2H3,(H2,26,32)(H,28,33). The van der Waals surface area contributed by atoms with E-state index in [0.717, 1.165) is 48.6 Å². The molecule has 1 aromatic carbocycles. The molecular formula is C25H30N6O2. The van der Waals surface area contributed by atoms with Crippen LogP contribution in [0.4, 0.5) is 5.82 Å². The third-order valence-corrected chi connectivity index (χ3v) is 6.29. The molecule has 3 heterocycles. The Kier molecular flexibility index (Phi) is 6.72. The van der Waals surface area contributed by atoms with Crippen LogP contribution in [0.2, 0.25) is 0 Å². The van der Waals surface area contributed by atoms with Crippen molar-refractivity contribution >= 4 is 17.6 Å². The summed E-state index contributed by atoms with van der Waals surface area (Å²) in [6.07, 6.45) is 3.19. The van der Waals surface area contributed by atoms with Crippen LogP contribution in [0, 0.1) is 19.8 Å². The molecule has 1 saturated heterocycles. The summed E-state index contributed by atoms with van der Waals surface area (Å²) in [6, 6.07) is 13.9. The molecule has 0 bridgehead atoms. The van der Waals surface area contributed by atoms with Gasteiger partial charge in [-0.15, -0.1) is 0 Å². The lowest BCUT2D eigenvalue weighted by Crippen LogP contribution is -2.39. The number of nitrogens with zero attached hydrogens (tertiary/aromatic N) is 4. The number of nitrogens with two attached hydrogens (primary N) is 1. The molecule has 172 valence electrons. The Balaban J connectivity index is 1.44. The second-order valence-corrected chi connectivity index (χ2v) is 8.52. The fourth-order valence-electron chi connectivity index (χ4n) is 4.43. The number of aromatic nitrogens is 3. The number of rotatable bonds is 7. The van der Waals surface area contributed by atoms with Crippen molar-refractivity contribution in [2.24, 2.45) is 11.7 Å². The lowest BCUT2D eigenvalue weighted by atomic mass is 9.96. The molecule has 1 fully saturated rings. The SMILES string of the molecule is Cc1nn(Cc2ccccc2)c(C)c1C(=O)NCc1cccnc1N1CCC(C(N)=O)CC1. The number of carbonyl (C=O) groups is 2. The van der Waals surface area contributed by atoms with Gasteiger partial charge >= 0.3 is 0 Å². The molecule has 0 atom stereocenters. The molecule has 3 N–H and O–H groups in total. The highest BCUT2D eigenvalue weighted by Crippen LogP contribution is 2.24. The zero-order chi connectivity index (χ0) is 23.4. The first-order chi connectivity index (χ1) is 15.9. The summed E-state index contributed by atoms with van der Waals surface area (Å²) in [6.45, 7) is 6.21. The van der Waals surface area contributed by atoms with Crippen molar-refractivity contribution in [1.29, 1.82) is 0 Å². The molecule has 1 aliphatic heterocycles. The zero-order valence-corrected chi connectivity index (χ0v) is 19.1. The molecule has 0 spiro atoms. The summed E-state index contributed by atoms with van der Waals surface area (Å²) >= 11 is 0. The van der Waals surface area contributed by atoms with Crippen molar-refractivity contribution in [1.82, 2.24) is 20.1 Å². The number of hydrogen-bond donors (Lipinski definition) is 2. The van der Waals surface area contributed by atoms with Gasteiger partial charge in [-0.1, -0.05) is 36.4 Å². The Labute approximate surface area is 193 Å². The van der Waals surface area contributed by atoms with Gasteiger partial charge in [-0.25, -0.2) is 4.98 Å². The van der Waals surface area contributed by atoms with Crippen molar-refractivity contribution in [3.05, 3.63) is 76.7 Å². The minimum absolute atomic E-state index is 0.0773. The van der Waals surface area contributed by atoms with Gasteiger partial charge in [0.15, 0.2) is 0 Å². The normalized spacial score (nSPS) is 14.3. The van der Waals surface area contributed by atoms with Gasteiger partial charge in [0.25, 0.3) is 5.91 Å². The quantitative estimate of drug-likeness (QED) is 0.580. The van der Waals surface area contributed by atoms with Gasteiger partial charge in [0.2, 0.25) is 5.91 Å². The van der Waals surface area contributed by atoms with Crippen LogP contribution >= 0.6 is 0 Å². The molecule has 4 rings (SSSR count). The molecule has 0 aliphatic carbocycles. The number of pyridine rings is 1. The first-order valence-corrected chi connectivity index (χ1v) is 11.3. The van der Waals surface area contributed by atoms with E-state index in [0.29, 0.717) is 24.3 Å². The predicted octanol–water partition coefficient (Wildman–Crippen LogP) is 2.57. The van der Waals surface area contributed by atoms with Crippen molar-refractivity contribution in [3.8, 4) is 0 Å². The fraction of sp³-hybridized carbons (Fsp3) is 0.360. The lowest BCUT2D eigenvalue weighted by molar-refractivity contribution is -0.122. The number of hydrogen-bond acceptors (Lipinski definition) is 5. The van der Waals surface area contributed by atoms with Crippen LogP contribution in [0.25, 0.3) is 0 Å². The maximum absolute atomic E-state index is 13.1. The van der Waals surface area contributed by atoms with E-state index >= 15 is 0 Å². The molecule has 8 heteroatoms. The van der Waals surface area contributed by atoms with Crippen LogP contribution in [-0.4, -0.2) is 39.7 Å². The second-order valence-electron chi connectivity index (χ2n) is 8.52. The molecular weight excluding hydrogens is 416 g/mol. The molecule has 3 aromatic rings. The Morgan fingerprint density at radius 2 is 1.82 bits per heavy atom. The highest BCUT2D eigenvalue weighted by atomic mass is 16.2. The number of nitrogens with one attached hydrogen (secondary N) is 1. The Hall–Kier alpha value is -3.68. The number of primary amides is 1. The van der Waals surface area contributed by atoms with E-state index in [1.807, 2.05) is 61.0 Å². The maximum atomic E-state index is 13.1. The number of aryl methyl sites for hydroxylation is 1. The Bertz CT molecular complexity index is 1130. The summed E-state index contributed by atoms with van der Waals surface area (Å²) in [4.78, 5) is 31.3. The monoisotopic (exact) mass is 446 g/mol. The van der Waals surface area contributed by atoms with Gasteiger partial charge in [0.05, 0.1) is 17.8 Å². The van der Waals surface area contributed by atoms with E-state index in [2.05, 4.69) is 20.3 Å². The van der Waals surface area contributed by atoms with Crippen LogP contribution in [0.3, 0.4) is 0 Å². The summed E-state index contributed by atoms with van der Waals surface area (Å²) in [7, 11) is 0. The number of piperidine rings is 1. The smallest absolute Gasteiger partial charge is 0.255 e. The van der Waals surface area contributed by atoms with Crippen LogP contribution < -0.4 is 16.0 Å². The van der Waals surface area contributed by atoms with Gasteiger partial charge in [0, 0.05) is 43.0 Å². The molecule has 2 aromatic heterocycles. The first-order valence-electron chi connectivity index (χ1n) is 11.3. The van der Waals surface area contributed by atoms with E-state index in [1.165, 1.54) is 0 Å². The van der Waals surface area contributed by atoms with Gasteiger partial charge in [0.1, 0.15) is 5.82 Å². The van der Waals surface area contributed by atoms with E-state index in [-0.39, 0.29) is 17.7 Å².